The maximum Gasteiger partial charge on any atom is 0.326 e. The number of amides is 8. The number of para-hydroxylation sites is 1. The number of carbonyl (C=O) groups is 9. The Bertz CT molecular complexity index is 2390. The maximum atomic E-state index is 14.2. The summed E-state index contributed by atoms with van der Waals surface area (Å²) in [4.78, 5) is 135. The number of fused-ring (bicyclic) bond motifs is 1. The molecule has 1 aromatic carbocycles. The SMILES string of the molecule is C[C@H](N)C(=O)N[C@@H](CS)C(=O)N[C@@H](Cc1cnc[nH]1)C(=O)N[C@@H](C)C(=O)N[C@@H](Cc1c[nH]c2ccccc12)C(=O)N[C@@H](C)C(=O)N1CCC[C@H]1C(=O)N[C@H](C(=O)N[C@@H](CCCN=C(N)N)C(=O)O)[C@@H](C)O. The van der Waals surface area contributed by atoms with E-state index in [1.54, 1.807) is 12.3 Å². The molecule has 0 spiro atoms. The van der Waals surface area contributed by atoms with Crippen LogP contribution in [0.3, 0.4) is 0 Å². The van der Waals surface area contributed by atoms with Crippen LogP contribution in [0.2, 0.25) is 0 Å². The maximum absolute atomic E-state index is 14.2. The summed E-state index contributed by atoms with van der Waals surface area (Å²) in [7, 11) is 0. The van der Waals surface area contributed by atoms with Crippen LogP contribution in [0.1, 0.15) is 64.6 Å². The van der Waals surface area contributed by atoms with Crippen LogP contribution in [0.25, 0.3) is 10.9 Å². The molecule has 26 nitrogen and oxygen atoms in total. The third kappa shape index (κ3) is 16.4. The van der Waals surface area contributed by atoms with Crippen LogP contribution in [-0.2, 0) is 56.0 Å². The number of thiol groups is 1. The number of likely N-dealkylation sites (tertiary alicyclic amines) is 1. The van der Waals surface area contributed by atoms with Crippen molar-refractivity contribution in [1.29, 1.82) is 0 Å². The summed E-state index contributed by atoms with van der Waals surface area (Å²) >= 11 is 4.16. The Morgan fingerprint density at radius 1 is 0.803 bits per heavy atom. The quantitative estimate of drug-likeness (QED) is 0.0157. The number of aliphatic carboxylic acids is 1. The van der Waals surface area contributed by atoms with Crippen LogP contribution in [0, 0.1) is 0 Å². The van der Waals surface area contributed by atoms with Gasteiger partial charge in [-0.15, -0.1) is 0 Å². The van der Waals surface area contributed by atoms with Crippen LogP contribution in [0.5, 0.6) is 0 Å². The van der Waals surface area contributed by atoms with Crippen molar-refractivity contribution in [2.24, 2.45) is 22.2 Å². The number of aromatic nitrogens is 3. The summed E-state index contributed by atoms with van der Waals surface area (Å²) < 4.78 is 0. The number of rotatable bonds is 26. The number of aliphatic imine (C=N–C) groups is 1. The van der Waals surface area contributed by atoms with Crippen molar-refractivity contribution in [2.45, 2.75) is 127 Å². The highest BCUT2D eigenvalue weighted by Gasteiger charge is 2.40. The predicted molar refractivity (Wildman–Crippen MR) is 261 cm³/mol. The number of nitrogens with one attached hydrogen (secondary N) is 9. The lowest BCUT2D eigenvalue weighted by atomic mass is 10.0. The van der Waals surface area contributed by atoms with Crippen LogP contribution in [-0.4, -0.2) is 169 Å². The molecule has 1 fully saturated rings. The number of guanidine groups is 1. The van der Waals surface area contributed by atoms with E-state index >= 15 is 0 Å². The number of H-pyrrole nitrogens is 2. The number of nitrogens with two attached hydrogens (primary N) is 3. The van der Waals surface area contributed by atoms with Crippen LogP contribution >= 0.6 is 12.6 Å². The van der Waals surface area contributed by atoms with Crippen molar-refractivity contribution < 1.29 is 53.4 Å². The molecule has 71 heavy (non-hydrogen) atoms. The number of carbonyl (C=O) groups excluding carboxylic acids is 8. The van der Waals surface area contributed by atoms with Crippen molar-refractivity contribution in [2.75, 3.05) is 18.8 Å². The molecule has 10 atom stereocenters. The number of aliphatic hydroxyl groups excluding tert-OH is 1. The lowest BCUT2D eigenvalue weighted by Gasteiger charge is -2.30. The Kier molecular flexibility index (Phi) is 21.1. The van der Waals surface area contributed by atoms with Gasteiger partial charge in [0.15, 0.2) is 5.96 Å². The fourth-order valence-corrected chi connectivity index (χ4v) is 7.86. The average Bonchev–Trinajstić information content (AvgIpc) is 4.12. The van der Waals surface area contributed by atoms with Gasteiger partial charge in [-0.05, 0) is 65.0 Å². The molecule has 0 saturated carbocycles. The zero-order chi connectivity index (χ0) is 52.5. The second-order valence-electron chi connectivity index (χ2n) is 17.2. The first-order valence-corrected chi connectivity index (χ1v) is 23.5. The number of hydrogen-bond donors (Lipinski definition) is 15. The molecule has 4 rings (SSSR count). The Hall–Kier alpha value is -7.26. The van der Waals surface area contributed by atoms with Crippen molar-refractivity contribution >= 4 is 82.7 Å². The van der Waals surface area contributed by atoms with E-state index in [9.17, 15) is 53.4 Å². The molecule has 3 aromatic rings. The van der Waals surface area contributed by atoms with Crippen molar-refractivity contribution in [3.8, 4) is 0 Å². The highest BCUT2D eigenvalue weighted by atomic mass is 32.1. The third-order valence-electron chi connectivity index (χ3n) is 11.5. The van der Waals surface area contributed by atoms with Gasteiger partial charge in [-0.1, -0.05) is 18.2 Å². The molecule has 17 N–H and O–H groups in total. The molecule has 1 aliphatic heterocycles. The van der Waals surface area contributed by atoms with Gasteiger partial charge in [-0.2, -0.15) is 12.6 Å². The molecular formula is C44H65N15O11S. The second kappa shape index (κ2) is 26.6. The molecule has 3 heterocycles. The van der Waals surface area contributed by atoms with Gasteiger partial charge in [0.1, 0.15) is 48.3 Å². The number of carboxylic acid groups (broad SMARTS) is 1. The van der Waals surface area contributed by atoms with Crippen LogP contribution in [0.4, 0.5) is 0 Å². The van der Waals surface area contributed by atoms with E-state index in [1.807, 2.05) is 18.2 Å². The van der Waals surface area contributed by atoms with Crippen molar-refractivity contribution in [3.63, 3.8) is 0 Å². The lowest BCUT2D eigenvalue weighted by Crippen LogP contribution is -2.60. The molecule has 0 radical (unpaired) electrons. The van der Waals surface area contributed by atoms with E-state index in [2.05, 4.69) is 69.8 Å². The predicted octanol–water partition coefficient (Wildman–Crippen LogP) is -4.10. The van der Waals surface area contributed by atoms with E-state index < -0.39 is 114 Å². The number of hydrogen-bond acceptors (Lipinski definition) is 14. The van der Waals surface area contributed by atoms with Gasteiger partial charge in [-0.3, -0.25) is 43.3 Å². The van der Waals surface area contributed by atoms with Gasteiger partial charge in [-0.25, -0.2) is 9.78 Å². The topological polar surface area (TPSA) is 416 Å². The minimum Gasteiger partial charge on any atom is -0.480 e. The lowest BCUT2D eigenvalue weighted by molar-refractivity contribution is -0.144. The number of imidazole rings is 1. The zero-order valence-electron chi connectivity index (χ0n) is 39.8. The van der Waals surface area contributed by atoms with E-state index in [0.717, 1.165) is 10.9 Å². The Morgan fingerprint density at radius 2 is 1.42 bits per heavy atom. The summed E-state index contributed by atoms with van der Waals surface area (Å²) in [5, 5.41) is 38.6. The van der Waals surface area contributed by atoms with Crippen LogP contribution < -0.4 is 54.4 Å². The highest BCUT2D eigenvalue weighted by molar-refractivity contribution is 7.80. The monoisotopic (exact) mass is 1010 g/mol. The van der Waals surface area contributed by atoms with Gasteiger partial charge >= 0.3 is 5.97 Å². The Morgan fingerprint density at radius 3 is 2.04 bits per heavy atom. The summed E-state index contributed by atoms with van der Waals surface area (Å²) in [6, 6.07) is -4.23. The van der Waals surface area contributed by atoms with Gasteiger partial charge in [0, 0.05) is 60.7 Å². The van der Waals surface area contributed by atoms with Crippen LogP contribution in [0.15, 0.2) is 48.0 Å². The number of benzene rings is 1. The zero-order valence-corrected chi connectivity index (χ0v) is 40.7. The minimum atomic E-state index is -1.61. The average molecular weight is 1010 g/mol. The van der Waals surface area contributed by atoms with Gasteiger partial charge in [0.2, 0.25) is 47.3 Å². The number of carboxylic acids is 1. The van der Waals surface area contributed by atoms with Gasteiger partial charge in [0.25, 0.3) is 0 Å². The summed E-state index contributed by atoms with van der Waals surface area (Å²) in [5.41, 5.74) is 18.1. The van der Waals surface area contributed by atoms with Crippen molar-refractivity contribution in [3.05, 3.63) is 54.2 Å². The minimum absolute atomic E-state index is 0.0687. The molecule has 0 aliphatic carbocycles. The van der Waals surface area contributed by atoms with E-state index in [4.69, 9.17) is 17.2 Å². The summed E-state index contributed by atoms with van der Waals surface area (Å²) in [6.07, 6.45) is 3.44. The number of aliphatic hydroxyl groups is 1. The van der Waals surface area contributed by atoms with Gasteiger partial charge < -0.3 is 79.5 Å². The molecule has 388 valence electrons. The Labute approximate surface area is 414 Å². The van der Waals surface area contributed by atoms with Crippen molar-refractivity contribution in [1.82, 2.24) is 57.1 Å². The van der Waals surface area contributed by atoms with Gasteiger partial charge in [0.05, 0.1) is 18.5 Å². The first-order valence-electron chi connectivity index (χ1n) is 22.9. The fraction of sp³-hybridized carbons (Fsp3) is 0.523. The highest BCUT2D eigenvalue weighted by Crippen LogP contribution is 2.21. The molecule has 0 unspecified atom stereocenters. The third-order valence-corrected chi connectivity index (χ3v) is 11.9. The molecule has 0 bridgehead atoms. The molecule has 27 heteroatoms. The first-order chi connectivity index (χ1) is 33.6. The van der Waals surface area contributed by atoms with E-state index in [1.165, 1.54) is 45.1 Å². The molecular weight excluding hydrogens is 947 g/mol. The molecule has 1 aliphatic rings. The summed E-state index contributed by atoms with van der Waals surface area (Å²) in [5.74, 6) is -7.94. The molecule has 8 amide bonds. The largest absolute Gasteiger partial charge is 0.480 e. The first kappa shape index (κ1) is 56.3. The number of aromatic amines is 2. The summed E-state index contributed by atoms with van der Waals surface area (Å²) in [6.45, 7) is 5.59. The number of nitrogens with zero attached hydrogens (tertiary/aromatic N) is 3. The van der Waals surface area contributed by atoms with E-state index in [-0.39, 0.29) is 56.9 Å². The standard InChI is InChI=1S/C44H65N15O11S/c1-21(45)35(61)57-32(19-71)39(65)56-31(16-26-18-48-20-51-26)38(64)52-22(2)36(62)55-30(15-25-17-50-28-10-6-5-9-27(25)28)37(63)53-23(3)42(68)59-14-8-12-33(59)40(66)58-34(24(4)60)41(67)54-29(43(69)70)11-7-13-49-44(46)47/h5-6,9-10,17-18,20-24,29-34,50,60,71H,7-8,11-16,19,45H2,1-4H3,(H,48,51)(H,52,64)(H,53,63)(H,54,67)(H,55,62)(H,56,65)(H,57,61)(H,58,66)(H,69,70)(H4,46,47,49)/t21-,22-,23-,24+,29-,30-,31-,32-,33-,34-/m0/s1. The Balaban J connectivity index is 1.47. The molecule has 1 saturated heterocycles. The smallest absolute Gasteiger partial charge is 0.326 e. The fourth-order valence-electron chi connectivity index (χ4n) is 7.61. The van der Waals surface area contributed by atoms with E-state index in [0.29, 0.717) is 17.7 Å². The molecule has 2 aromatic heterocycles. The normalized spacial score (nSPS) is 17.1. The second-order valence-corrected chi connectivity index (χ2v) is 17.6.